The molecule has 1 N–H and O–H groups in total. The lowest BCUT2D eigenvalue weighted by molar-refractivity contribution is -0.120. The molecule has 92 valence electrons. The Morgan fingerprint density at radius 3 is 2.56 bits per heavy atom. The molecule has 3 nitrogen and oxygen atoms in total. The van der Waals surface area contributed by atoms with Gasteiger partial charge in [-0.3, -0.25) is 9.69 Å². The summed E-state index contributed by atoms with van der Waals surface area (Å²) >= 11 is 0. The third kappa shape index (κ3) is 3.21. The molecule has 1 aliphatic carbocycles. The Morgan fingerprint density at radius 2 is 1.88 bits per heavy atom. The summed E-state index contributed by atoms with van der Waals surface area (Å²) in [4.78, 5) is 13.7. The number of piperidine rings is 1. The number of amides is 1. The molecule has 1 amide bonds. The van der Waals surface area contributed by atoms with Crippen molar-refractivity contribution in [1.82, 2.24) is 10.2 Å². The highest BCUT2D eigenvalue weighted by atomic mass is 16.1. The van der Waals surface area contributed by atoms with Gasteiger partial charge in [0.1, 0.15) is 0 Å². The molecule has 16 heavy (non-hydrogen) atoms. The fourth-order valence-electron chi connectivity index (χ4n) is 3.19. The molecule has 3 heteroatoms. The van der Waals surface area contributed by atoms with E-state index < -0.39 is 0 Å². The first kappa shape index (κ1) is 11.9. The Kier molecular flexibility index (Phi) is 4.22. The average Bonchev–Trinajstić information content (AvgIpc) is 2.30. The van der Waals surface area contributed by atoms with E-state index in [2.05, 4.69) is 10.2 Å². The maximum atomic E-state index is 11.1. The van der Waals surface area contributed by atoms with Gasteiger partial charge in [0, 0.05) is 25.6 Å². The minimum Gasteiger partial charge on any atom is -0.352 e. The maximum absolute atomic E-state index is 11.1. The molecule has 1 heterocycles. The van der Waals surface area contributed by atoms with Gasteiger partial charge in [-0.15, -0.1) is 0 Å². The lowest BCUT2D eigenvalue weighted by Gasteiger charge is -2.40. The zero-order valence-electron chi connectivity index (χ0n) is 10.4. The Balaban J connectivity index is 1.83. The van der Waals surface area contributed by atoms with Gasteiger partial charge < -0.3 is 5.32 Å². The van der Waals surface area contributed by atoms with Gasteiger partial charge in [0.05, 0.1) is 0 Å². The summed E-state index contributed by atoms with van der Waals surface area (Å²) in [5.74, 6) is 0.121. The average molecular weight is 224 g/mol. The van der Waals surface area contributed by atoms with E-state index in [-0.39, 0.29) is 5.91 Å². The van der Waals surface area contributed by atoms with Crippen LogP contribution in [0.3, 0.4) is 0 Å². The van der Waals surface area contributed by atoms with E-state index in [4.69, 9.17) is 0 Å². The van der Waals surface area contributed by atoms with Crippen LogP contribution < -0.4 is 5.32 Å². The molecule has 2 fully saturated rings. The van der Waals surface area contributed by atoms with Crippen molar-refractivity contribution in [3.63, 3.8) is 0 Å². The molecule has 1 aliphatic heterocycles. The summed E-state index contributed by atoms with van der Waals surface area (Å²) in [6.07, 6.45) is 9.33. The number of rotatable bonds is 2. The first-order chi connectivity index (χ1) is 7.75. The minimum atomic E-state index is 0.121. The zero-order valence-corrected chi connectivity index (χ0v) is 10.4. The molecule has 0 aromatic rings. The highest BCUT2D eigenvalue weighted by Gasteiger charge is 2.26. The van der Waals surface area contributed by atoms with Crippen molar-refractivity contribution in [3.8, 4) is 0 Å². The normalized spacial score (nSPS) is 28.9. The van der Waals surface area contributed by atoms with Crippen LogP contribution in [-0.2, 0) is 4.79 Å². The predicted molar refractivity (Wildman–Crippen MR) is 65.3 cm³/mol. The molecular formula is C13H24N2O. The summed E-state index contributed by atoms with van der Waals surface area (Å²) in [5.41, 5.74) is 0. The SMILES string of the molecule is CC(=O)NC1CCCN(C2CCCCC2)C1. The first-order valence-corrected chi connectivity index (χ1v) is 6.77. The second kappa shape index (κ2) is 5.67. The summed E-state index contributed by atoms with van der Waals surface area (Å²) < 4.78 is 0. The first-order valence-electron chi connectivity index (χ1n) is 6.77. The number of nitrogens with one attached hydrogen (secondary N) is 1. The Labute approximate surface area is 98.6 Å². The van der Waals surface area contributed by atoms with Crippen LogP contribution in [0.5, 0.6) is 0 Å². The molecule has 2 rings (SSSR count). The summed E-state index contributed by atoms with van der Waals surface area (Å²) in [6.45, 7) is 3.94. The Bertz CT molecular complexity index is 236. The van der Waals surface area contributed by atoms with Crippen LogP contribution >= 0.6 is 0 Å². The third-order valence-corrected chi connectivity index (χ3v) is 3.95. The summed E-state index contributed by atoms with van der Waals surface area (Å²) in [7, 11) is 0. The topological polar surface area (TPSA) is 32.3 Å². The molecule has 1 saturated heterocycles. The standard InChI is InChI=1S/C13H24N2O/c1-11(16)14-12-6-5-9-15(10-12)13-7-3-2-4-8-13/h12-13H,2-10H2,1H3,(H,14,16). The molecule has 0 aromatic heterocycles. The second-order valence-electron chi connectivity index (χ2n) is 5.33. The van der Waals surface area contributed by atoms with Crippen molar-refractivity contribution in [1.29, 1.82) is 0 Å². The largest absolute Gasteiger partial charge is 0.352 e. The quantitative estimate of drug-likeness (QED) is 0.777. The van der Waals surface area contributed by atoms with Crippen LogP contribution in [-0.4, -0.2) is 36.0 Å². The van der Waals surface area contributed by atoms with E-state index in [1.807, 2.05) is 0 Å². The van der Waals surface area contributed by atoms with Crippen molar-refractivity contribution in [2.45, 2.75) is 64.0 Å². The molecule has 1 unspecified atom stereocenters. The van der Waals surface area contributed by atoms with Gasteiger partial charge >= 0.3 is 0 Å². The fraction of sp³-hybridized carbons (Fsp3) is 0.923. The molecule has 1 saturated carbocycles. The van der Waals surface area contributed by atoms with E-state index in [0.717, 1.165) is 19.0 Å². The Morgan fingerprint density at radius 1 is 1.12 bits per heavy atom. The van der Waals surface area contributed by atoms with E-state index >= 15 is 0 Å². The van der Waals surface area contributed by atoms with E-state index in [1.165, 1.54) is 45.1 Å². The van der Waals surface area contributed by atoms with Crippen molar-refractivity contribution in [3.05, 3.63) is 0 Å². The highest BCUT2D eigenvalue weighted by molar-refractivity contribution is 5.73. The van der Waals surface area contributed by atoms with Crippen molar-refractivity contribution < 1.29 is 4.79 Å². The summed E-state index contributed by atoms with van der Waals surface area (Å²) in [6, 6.07) is 1.19. The minimum absolute atomic E-state index is 0.121. The lowest BCUT2D eigenvalue weighted by atomic mass is 9.92. The zero-order chi connectivity index (χ0) is 11.4. The molecule has 1 atom stereocenters. The molecule has 2 aliphatic rings. The molecule has 0 aromatic carbocycles. The second-order valence-corrected chi connectivity index (χ2v) is 5.33. The number of hydrogen-bond donors (Lipinski definition) is 1. The van der Waals surface area contributed by atoms with Crippen LogP contribution in [0.15, 0.2) is 0 Å². The van der Waals surface area contributed by atoms with Gasteiger partial charge in [0.25, 0.3) is 0 Å². The predicted octanol–water partition coefficient (Wildman–Crippen LogP) is 1.92. The third-order valence-electron chi connectivity index (χ3n) is 3.95. The number of likely N-dealkylation sites (tertiary alicyclic amines) is 1. The summed E-state index contributed by atoms with van der Waals surface area (Å²) in [5, 5.41) is 3.07. The number of nitrogens with zero attached hydrogens (tertiary/aromatic N) is 1. The highest BCUT2D eigenvalue weighted by Crippen LogP contribution is 2.25. The Hall–Kier alpha value is -0.570. The van der Waals surface area contributed by atoms with Gasteiger partial charge in [-0.05, 0) is 32.2 Å². The van der Waals surface area contributed by atoms with Crippen molar-refractivity contribution in [2.24, 2.45) is 0 Å². The smallest absolute Gasteiger partial charge is 0.217 e. The van der Waals surface area contributed by atoms with Crippen LogP contribution in [0.25, 0.3) is 0 Å². The molecule has 0 bridgehead atoms. The van der Waals surface area contributed by atoms with Gasteiger partial charge in [0.2, 0.25) is 5.91 Å². The fourth-order valence-corrected chi connectivity index (χ4v) is 3.19. The van der Waals surface area contributed by atoms with E-state index in [0.29, 0.717) is 6.04 Å². The van der Waals surface area contributed by atoms with Crippen LogP contribution in [0, 0.1) is 0 Å². The monoisotopic (exact) mass is 224 g/mol. The number of carbonyl (C=O) groups excluding carboxylic acids is 1. The number of carbonyl (C=O) groups is 1. The van der Waals surface area contributed by atoms with Crippen molar-refractivity contribution in [2.75, 3.05) is 13.1 Å². The van der Waals surface area contributed by atoms with Crippen LogP contribution in [0.2, 0.25) is 0 Å². The number of hydrogen-bond acceptors (Lipinski definition) is 2. The van der Waals surface area contributed by atoms with Crippen LogP contribution in [0.1, 0.15) is 51.9 Å². The van der Waals surface area contributed by atoms with Gasteiger partial charge in [-0.2, -0.15) is 0 Å². The molecule has 0 radical (unpaired) electrons. The molecule has 0 spiro atoms. The maximum Gasteiger partial charge on any atom is 0.217 e. The van der Waals surface area contributed by atoms with Crippen LogP contribution in [0.4, 0.5) is 0 Å². The molecular weight excluding hydrogens is 200 g/mol. The van der Waals surface area contributed by atoms with Gasteiger partial charge in [0.15, 0.2) is 0 Å². The van der Waals surface area contributed by atoms with Gasteiger partial charge in [-0.25, -0.2) is 0 Å². The van der Waals surface area contributed by atoms with E-state index in [1.54, 1.807) is 6.92 Å². The lowest BCUT2D eigenvalue weighted by Crippen LogP contribution is -2.51. The van der Waals surface area contributed by atoms with E-state index in [9.17, 15) is 4.79 Å². The van der Waals surface area contributed by atoms with Crippen molar-refractivity contribution >= 4 is 5.91 Å². The van der Waals surface area contributed by atoms with Gasteiger partial charge in [-0.1, -0.05) is 19.3 Å².